The molecule has 9 heteroatoms. The van der Waals surface area contributed by atoms with Crippen LogP contribution in [0.2, 0.25) is 5.02 Å². The number of nitrogens with one attached hydrogen (secondary N) is 1. The maximum atomic E-state index is 12.3. The predicted octanol–water partition coefficient (Wildman–Crippen LogP) is 5.13. The summed E-state index contributed by atoms with van der Waals surface area (Å²) in [6.45, 7) is 8.98. The van der Waals surface area contributed by atoms with Crippen molar-refractivity contribution in [1.29, 1.82) is 0 Å². The molecule has 0 unspecified atom stereocenters. The van der Waals surface area contributed by atoms with Crippen LogP contribution in [0.3, 0.4) is 0 Å². The number of nitrogens with zero attached hydrogens (tertiary/aromatic N) is 3. The van der Waals surface area contributed by atoms with Gasteiger partial charge in [0.1, 0.15) is 6.61 Å². The Kier molecular flexibility index (Phi) is 8.58. The van der Waals surface area contributed by atoms with Gasteiger partial charge < -0.3 is 14.8 Å². The van der Waals surface area contributed by atoms with Gasteiger partial charge in [-0.3, -0.25) is 9.36 Å². The van der Waals surface area contributed by atoms with Crippen molar-refractivity contribution in [1.82, 2.24) is 14.8 Å². The minimum atomic E-state index is -0.163. The highest BCUT2D eigenvalue weighted by molar-refractivity contribution is 7.99. The third-order valence-corrected chi connectivity index (χ3v) is 5.50. The van der Waals surface area contributed by atoms with Crippen LogP contribution in [-0.4, -0.2) is 33.0 Å². The molecule has 0 spiro atoms. The summed E-state index contributed by atoms with van der Waals surface area (Å²) in [7, 11) is 0. The summed E-state index contributed by atoms with van der Waals surface area (Å²) in [5, 5.41) is 12.5. The molecule has 3 rings (SSSR count). The number of carbonyl (C=O) groups excluding carboxylic acids is 1. The number of allylic oxidation sites excluding steroid dienone is 1. The van der Waals surface area contributed by atoms with Gasteiger partial charge in [0.25, 0.3) is 0 Å². The Morgan fingerprint density at radius 3 is 2.81 bits per heavy atom. The molecule has 1 aromatic heterocycles. The highest BCUT2D eigenvalue weighted by Crippen LogP contribution is 2.29. The van der Waals surface area contributed by atoms with Gasteiger partial charge in [0, 0.05) is 17.3 Å². The highest BCUT2D eigenvalue weighted by Gasteiger charge is 2.15. The number of thioether (sulfide) groups is 1. The minimum absolute atomic E-state index is 0.163. The Balaban J connectivity index is 1.65. The SMILES string of the molecule is C=CCn1c(COc2ccc(C)cc2OCC)nnc1SCC(=O)Nc1cccc(Cl)c1. The fourth-order valence-electron chi connectivity index (χ4n) is 2.88. The van der Waals surface area contributed by atoms with Gasteiger partial charge in [-0.25, -0.2) is 0 Å². The first kappa shape index (κ1) is 23.7. The number of anilines is 1. The number of rotatable bonds is 11. The lowest BCUT2D eigenvalue weighted by Crippen LogP contribution is -2.15. The monoisotopic (exact) mass is 472 g/mol. The van der Waals surface area contributed by atoms with Crippen molar-refractivity contribution in [2.75, 3.05) is 17.7 Å². The first-order valence-electron chi connectivity index (χ1n) is 10.1. The van der Waals surface area contributed by atoms with Gasteiger partial charge in [-0.1, -0.05) is 41.6 Å². The zero-order valence-electron chi connectivity index (χ0n) is 18.0. The molecule has 0 saturated carbocycles. The average molecular weight is 473 g/mol. The van der Waals surface area contributed by atoms with Crippen LogP contribution in [0, 0.1) is 6.92 Å². The molecule has 0 aliphatic rings. The lowest BCUT2D eigenvalue weighted by molar-refractivity contribution is -0.113. The quantitative estimate of drug-likeness (QED) is 0.307. The van der Waals surface area contributed by atoms with Gasteiger partial charge in [-0.05, 0) is 49.7 Å². The van der Waals surface area contributed by atoms with E-state index in [4.69, 9.17) is 21.1 Å². The smallest absolute Gasteiger partial charge is 0.234 e. The number of hydrogen-bond acceptors (Lipinski definition) is 6. The van der Waals surface area contributed by atoms with Crippen molar-refractivity contribution in [3.63, 3.8) is 0 Å². The molecule has 3 aromatic rings. The Morgan fingerprint density at radius 2 is 2.06 bits per heavy atom. The van der Waals surface area contributed by atoms with Crippen molar-refractivity contribution in [3.05, 3.63) is 71.5 Å². The zero-order chi connectivity index (χ0) is 22.9. The molecule has 0 aliphatic heterocycles. The predicted molar refractivity (Wildman–Crippen MR) is 128 cm³/mol. The summed E-state index contributed by atoms with van der Waals surface area (Å²) in [5.41, 5.74) is 1.73. The topological polar surface area (TPSA) is 78.3 Å². The number of hydrogen-bond donors (Lipinski definition) is 1. The highest BCUT2D eigenvalue weighted by atomic mass is 35.5. The molecule has 0 aliphatic carbocycles. The van der Waals surface area contributed by atoms with Gasteiger partial charge in [-0.2, -0.15) is 0 Å². The third kappa shape index (κ3) is 6.51. The van der Waals surface area contributed by atoms with E-state index >= 15 is 0 Å². The molecule has 0 bridgehead atoms. The molecule has 0 radical (unpaired) electrons. The first-order chi connectivity index (χ1) is 15.5. The number of ether oxygens (including phenoxy) is 2. The number of halogens is 1. The van der Waals surface area contributed by atoms with E-state index < -0.39 is 0 Å². The molecule has 32 heavy (non-hydrogen) atoms. The van der Waals surface area contributed by atoms with Crippen molar-refractivity contribution >= 4 is 35.0 Å². The van der Waals surface area contributed by atoms with Crippen LogP contribution >= 0.6 is 23.4 Å². The van der Waals surface area contributed by atoms with E-state index in [1.807, 2.05) is 36.6 Å². The van der Waals surface area contributed by atoms with Gasteiger partial charge in [0.15, 0.2) is 22.5 Å². The number of benzene rings is 2. The van der Waals surface area contributed by atoms with E-state index in [1.54, 1.807) is 30.3 Å². The summed E-state index contributed by atoms with van der Waals surface area (Å²) in [6.07, 6.45) is 1.75. The van der Waals surface area contributed by atoms with Crippen LogP contribution in [0.1, 0.15) is 18.3 Å². The van der Waals surface area contributed by atoms with Crippen LogP contribution in [0.5, 0.6) is 11.5 Å². The van der Waals surface area contributed by atoms with Gasteiger partial charge in [0.05, 0.1) is 12.4 Å². The summed E-state index contributed by atoms with van der Waals surface area (Å²) in [4.78, 5) is 12.3. The molecule has 0 saturated heterocycles. The average Bonchev–Trinajstić information content (AvgIpc) is 3.14. The molecule has 7 nitrogen and oxygen atoms in total. The Hall–Kier alpha value is -2.97. The lowest BCUT2D eigenvalue weighted by Gasteiger charge is -2.13. The Morgan fingerprint density at radius 1 is 1.22 bits per heavy atom. The van der Waals surface area contributed by atoms with Gasteiger partial charge in [0.2, 0.25) is 5.91 Å². The van der Waals surface area contributed by atoms with E-state index in [0.717, 1.165) is 5.56 Å². The van der Waals surface area contributed by atoms with Crippen molar-refractivity contribution < 1.29 is 14.3 Å². The molecule has 1 N–H and O–H groups in total. The number of amides is 1. The molecule has 1 amide bonds. The zero-order valence-corrected chi connectivity index (χ0v) is 19.6. The number of aryl methyl sites for hydroxylation is 1. The fourth-order valence-corrected chi connectivity index (χ4v) is 3.84. The molecule has 1 heterocycles. The van der Waals surface area contributed by atoms with Crippen LogP contribution in [-0.2, 0) is 17.9 Å². The Labute approximate surface area is 196 Å². The van der Waals surface area contributed by atoms with E-state index in [-0.39, 0.29) is 18.3 Å². The number of carbonyl (C=O) groups is 1. The summed E-state index contributed by atoms with van der Waals surface area (Å²) >= 11 is 7.25. The van der Waals surface area contributed by atoms with Gasteiger partial charge >= 0.3 is 0 Å². The van der Waals surface area contributed by atoms with Crippen molar-refractivity contribution in [2.24, 2.45) is 0 Å². The normalized spacial score (nSPS) is 10.6. The molecular formula is C23H25ClN4O3S. The summed E-state index contributed by atoms with van der Waals surface area (Å²) in [5.74, 6) is 1.97. The van der Waals surface area contributed by atoms with Crippen LogP contribution in [0.25, 0.3) is 0 Å². The maximum Gasteiger partial charge on any atom is 0.234 e. The summed E-state index contributed by atoms with van der Waals surface area (Å²) in [6, 6.07) is 12.8. The largest absolute Gasteiger partial charge is 0.490 e. The van der Waals surface area contributed by atoms with Crippen molar-refractivity contribution in [3.8, 4) is 11.5 Å². The van der Waals surface area contributed by atoms with E-state index in [1.165, 1.54) is 11.8 Å². The van der Waals surface area contributed by atoms with Crippen LogP contribution in [0.4, 0.5) is 5.69 Å². The molecule has 168 valence electrons. The standard InChI is InChI=1S/C23H25ClN4O3S/c1-4-11-28-21(14-31-19-10-9-16(3)12-20(19)30-5-2)26-27-23(28)32-15-22(29)25-18-8-6-7-17(24)13-18/h4,6-10,12-13H,1,5,11,14-15H2,2-3H3,(H,25,29). The summed E-state index contributed by atoms with van der Waals surface area (Å²) < 4.78 is 13.5. The second-order valence-electron chi connectivity index (χ2n) is 6.82. The second kappa shape index (κ2) is 11.6. The third-order valence-electron chi connectivity index (χ3n) is 4.30. The Bertz CT molecular complexity index is 1090. The molecule has 0 atom stereocenters. The van der Waals surface area contributed by atoms with Crippen LogP contribution < -0.4 is 14.8 Å². The minimum Gasteiger partial charge on any atom is -0.490 e. The lowest BCUT2D eigenvalue weighted by atomic mass is 10.2. The maximum absolute atomic E-state index is 12.3. The number of aromatic nitrogens is 3. The molecule has 2 aromatic carbocycles. The van der Waals surface area contributed by atoms with E-state index in [2.05, 4.69) is 22.1 Å². The van der Waals surface area contributed by atoms with Gasteiger partial charge in [-0.15, -0.1) is 16.8 Å². The van der Waals surface area contributed by atoms with Crippen molar-refractivity contribution in [2.45, 2.75) is 32.2 Å². The fraction of sp³-hybridized carbons (Fsp3) is 0.261. The second-order valence-corrected chi connectivity index (χ2v) is 8.20. The molecule has 0 fully saturated rings. The molecular weight excluding hydrogens is 448 g/mol. The van der Waals surface area contributed by atoms with E-state index in [0.29, 0.717) is 46.3 Å². The first-order valence-corrected chi connectivity index (χ1v) is 11.4. The van der Waals surface area contributed by atoms with E-state index in [9.17, 15) is 4.79 Å². The van der Waals surface area contributed by atoms with Crippen LogP contribution in [0.15, 0.2) is 60.3 Å².